The van der Waals surface area contributed by atoms with Crippen LogP contribution < -0.4 is 0 Å². The molecule has 1 unspecified atom stereocenters. The Balaban J connectivity index is 1.96. The van der Waals surface area contributed by atoms with E-state index >= 15 is 0 Å². The van der Waals surface area contributed by atoms with Gasteiger partial charge in [0.25, 0.3) is 0 Å². The van der Waals surface area contributed by atoms with Gasteiger partial charge in [0.05, 0.1) is 11.7 Å². The highest BCUT2D eigenvalue weighted by Gasteiger charge is 2.24. The largest absolute Gasteiger partial charge is 0.389 e. The molecule has 1 aromatic rings. The SMILES string of the molecule is Cc1ccc(CN(CC2CCCO2)CC(C)(C)O)s1. The van der Waals surface area contributed by atoms with Gasteiger partial charge in [-0.15, -0.1) is 11.3 Å². The number of aryl methyl sites for hydroxylation is 1. The molecule has 1 N–H and O–H groups in total. The molecule has 0 radical (unpaired) electrons. The minimum Gasteiger partial charge on any atom is -0.389 e. The van der Waals surface area contributed by atoms with Gasteiger partial charge in [-0.3, -0.25) is 4.90 Å². The van der Waals surface area contributed by atoms with Crippen molar-refractivity contribution in [2.24, 2.45) is 0 Å². The molecule has 0 spiro atoms. The molecule has 1 aliphatic heterocycles. The average Bonchev–Trinajstić information content (AvgIpc) is 2.88. The van der Waals surface area contributed by atoms with Crippen molar-refractivity contribution >= 4 is 11.3 Å². The van der Waals surface area contributed by atoms with Crippen molar-refractivity contribution in [3.8, 4) is 0 Å². The van der Waals surface area contributed by atoms with Gasteiger partial charge in [-0.1, -0.05) is 0 Å². The molecular weight excluding hydrogens is 258 g/mol. The van der Waals surface area contributed by atoms with E-state index in [1.165, 1.54) is 16.2 Å². The second kappa shape index (κ2) is 6.35. The first-order valence-corrected chi connectivity index (χ1v) is 7.86. The van der Waals surface area contributed by atoms with E-state index in [-0.39, 0.29) is 0 Å². The van der Waals surface area contributed by atoms with Crippen molar-refractivity contribution in [1.82, 2.24) is 4.90 Å². The summed E-state index contributed by atoms with van der Waals surface area (Å²) in [6.07, 6.45) is 2.65. The van der Waals surface area contributed by atoms with E-state index in [9.17, 15) is 5.11 Å². The predicted octanol–water partition coefficient (Wildman–Crippen LogP) is 2.81. The van der Waals surface area contributed by atoms with Crippen molar-refractivity contribution in [1.29, 1.82) is 0 Å². The van der Waals surface area contributed by atoms with E-state index in [4.69, 9.17) is 4.74 Å². The van der Waals surface area contributed by atoms with E-state index in [0.717, 1.165) is 26.1 Å². The molecule has 1 atom stereocenters. The van der Waals surface area contributed by atoms with Gasteiger partial charge in [-0.25, -0.2) is 0 Å². The van der Waals surface area contributed by atoms with Gasteiger partial charge in [-0.05, 0) is 45.7 Å². The van der Waals surface area contributed by atoms with E-state index in [1.807, 2.05) is 25.2 Å². The van der Waals surface area contributed by atoms with Crippen LogP contribution in [-0.2, 0) is 11.3 Å². The molecule has 0 saturated carbocycles. The van der Waals surface area contributed by atoms with Gasteiger partial charge in [0.1, 0.15) is 0 Å². The Hall–Kier alpha value is -0.420. The molecule has 0 aliphatic carbocycles. The molecule has 0 aromatic carbocycles. The number of ether oxygens (including phenoxy) is 1. The van der Waals surface area contributed by atoms with Gasteiger partial charge in [0.15, 0.2) is 0 Å². The number of thiophene rings is 1. The van der Waals surface area contributed by atoms with Crippen LogP contribution >= 0.6 is 11.3 Å². The third-order valence-electron chi connectivity index (χ3n) is 3.27. The zero-order valence-corrected chi connectivity index (χ0v) is 13.0. The predicted molar refractivity (Wildman–Crippen MR) is 79.6 cm³/mol. The Morgan fingerprint density at radius 3 is 2.79 bits per heavy atom. The summed E-state index contributed by atoms with van der Waals surface area (Å²) in [7, 11) is 0. The fourth-order valence-corrected chi connectivity index (χ4v) is 3.53. The van der Waals surface area contributed by atoms with Crippen LogP contribution in [0.15, 0.2) is 12.1 Å². The third kappa shape index (κ3) is 5.22. The monoisotopic (exact) mass is 283 g/mol. The van der Waals surface area contributed by atoms with Crippen molar-refractivity contribution in [2.75, 3.05) is 19.7 Å². The Morgan fingerprint density at radius 1 is 1.47 bits per heavy atom. The molecular formula is C15H25NO2S. The van der Waals surface area contributed by atoms with E-state index < -0.39 is 5.60 Å². The highest BCUT2D eigenvalue weighted by Crippen LogP contribution is 2.21. The summed E-state index contributed by atoms with van der Waals surface area (Å²) in [5.41, 5.74) is -0.662. The maximum absolute atomic E-state index is 10.1. The van der Waals surface area contributed by atoms with Crippen LogP contribution in [-0.4, -0.2) is 41.4 Å². The summed E-state index contributed by atoms with van der Waals surface area (Å²) in [5, 5.41) is 10.1. The maximum atomic E-state index is 10.1. The highest BCUT2D eigenvalue weighted by atomic mass is 32.1. The van der Waals surface area contributed by atoms with Crippen molar-refractivity contribution in [2.45, 2.75) is 51.9 Å². The smallest absolute Gasteiger partial charge is 0.0718 e. The average molecular weight is 283 g/mol. The fourth-order valence-electron chi connectivity index (χ4n) is 2.60. The van der Waals surface area contributed by atoms with E-state index in [2.05, 4.69) is 24.0 Å². The lowest BCUT2D eigenvalue weighted by molar-refractivity contribution is 0.00915. The molecule has 0 bridgehead atoms. The quantitative estimate of drug-likeness (QED) is 0.871. The lowest BCUT2D eigenvalue weighted by atomic mass is 10.1. The molecule has 1 aromatic heterocycles. The highest BCUT2D eigenvalue weighted by molar-refractivity contribution is 7.11. The Morgan fingerprint density at radius 2 is 2.26 bits per heavy atom. The number of rotatable bonds is 6. The number of aliphatic hydroxyl groups is 1. The fraction of sp³-hybridized carbons (Fsp3) is 0.733. The van der Waals surface area contributed by atoms with E-state index in [1.54, 1.807) is 0 Å². The summed E-state index contributed by atoms with van der Waals surface area (Å²) in [5.74, 6) is 0. The summed E-state index contributed by atoms with van der Waals surface area (Å²) in [6.45, 7) is 9.27. The molecule has 0 amide bonds. The van der Waals surface area contributed by atoms with Crippen molar-refractivity contribution in [3.05, 3.63) is 21.9 Å². The van der Waals surface area contributed by atoms with Gasteiger partial charge < -0.3 is 9.84 Å². The molecule has 2 rings (SSSR count). The Kier molecular flexibility index (Phi) is 5.01. The Bertz CT molecular complexity index is 391. The van der Waals surface area contributed by atoms with Crippen LogP contribution in [0.3, 0.4) is 0 Å². The molecule has 3 nitrogen and oxygen atoms in total. The van der Waals surface area contributed by atoms with Gasteiger partial charge in [0.2, 0.25) is 0 Å². The molecule has 4 heteroatoms. The summed E-state index contributed by atoms with van der Waals surface area (Å²) >= 11 is 1.84. The van der Waals surface area contributed by atoms with Crippen molar-refractivity contribution < 1.29 is 9.84 Å². The molecule has 108 valence electrons. The maximum Gasteiger partial charge on any atom is 0.0718 e. The topological polar surface area (TPSA) is 32.7 Å². The zero-order chi connectivity index (χ0) is 13.9. The van der Waals surface area contributed by atoms with Gasteiger partial charge >= 0.3 is 0 Å². The minimum absolute atomic E-state index is 0.336. The summed E-state index contributed by atoms with van der Waals surface area (Å²) in [4.78, 5) is 5.02. The Labute approximate surface area is 120 Å². The lowest BCUT2D eigenvalue weighted by Gasteiger charge is -2.30. The molecule has 1 aliphatic rings. The molecule has 1 fully saturated rings. The van der Waals surface area contributed by atoms with Crippen LogP contribution in [0.25, 0.3) is 0 Å². The normalized spacial score (nSPS) is 20.4. The van der Waals surface area contributed by atoms with Gasteiger partial charge in [-0.2, -0.15) is 0 Å². The zero-order valence-electron chi connectivity index (χ0n) is 12.2. The first-order chi connectivity index (χ1) is 8.92. The van der Waals surface area contributed by atoms with Crippen LogP contribution in [0.1, 0.15) is 36.4 Å². The van der Waals surface area contributed by atoms with Crippen LogP contribution in [0.4, 0.5) is 0 Å². The van der Waals surface area contributed by atoms with Crippen molar-refractivity contribution in [3.63, 3.8) is 0 Å². The van der Waals surface area contributed by atoms with Crippen LogP contribution in [0, 0.1) is 6.92 Å². The molecule has 19 heavy (non-hydrogen) atoms. The summed E-state index contributed by atoms with van der Waals surface area (Å²) < 4.78 is 5.72. The first-order valence-electron chi connectivity index (χ1n) is 7.04. The first kappa shape index (κ1) is 15.0. The minimum atomic E-state index is -0.662. The number of hydrogen-bond donors (Lipinski definition) is 1. The molecule has 1 saturated heterocycles. The third-order valence-corrected chi connectivity index (χ3v) is 4.26. The number of hydrogen-bond acceptors (Lipinski definition) is 4. The summed E-state index contributed by atoms with van der Waals surface area (Å²) in [6, 6.07) is 4.35. The van der Waals surface area contributed by atoms with Gasteiger partial charge in [0, 0.05) is 36.0 Å². The molecule has 2 heterocycles. The lowest BCUT2D eigenvalue weighted by Crippen LogP contribution is -2.41. The second-order valence-corrected chi connectivity index (χ2v) is 7.50. The van der Waals surface area contributed by atoms with E-state index in [0.29, 0.717) is 12.6 Å². The van der Waals surface area contributed by atoms with Crippen LogP contribution in [0.2, 0.25) is 0 Å². The van der Waals surface area contributed by atoms with Crippen LogP contribution in [0.5, 0.6) is 0 Å². The second-order valence-electron chi connectivity index (χ2n) is 6.13. The number of nitrogens with zero attached hydrogens (tertiary/aromatic N) is 1. The standard InChI is InChI=1S/C15H25NO2S/c1-12-6-7-14(19-12)10-16(11-15(2,3)17)9-13-5-4-8-18-13/h6-7,13,17H,4-5,8-11H2,1-3H3.